The van der Waals surface area contributed by atoms with Gasteiger partial charge in [-0.25, -0.2) is 0 Å². The van der Waals surface area contributed by atoms with E-state index in [9.17, 15) is 9.59 Å². The Bertz CT molecular complexity index is 647. The molecular weight excluding hydrogens is 314 g/mol. The highest BCUT2D eigenvalue weighted by Crippen LogP contribution is 2.19. The zero-order valence-corrected chi connectivity index (χ0v) is 13.2. The van der Waals surface area contributed by atoms with Crippen LogP contribution >= 0.6 is 11.8 Å². The van der Waals surface area contributed by atoms with Crippen LogP contribution in [0.5, 0.6) is 0 Å². The summed E-state index contributed by atoms with van der Waals surface area (Å²) in [6.07, 6.45) is 3.71. The molecule has 3 N–H and O–H groups in total. The number of rotatable bonds is 6. The topological polar surface area (TPSA) is 91.3 Å². The molecule has 0 fully saturated rings. The van der Waals surface area contributed by atoms with Gasteiger partial charge in [-0.05, 0) is 42.8 Å². The van der Waals surface area contributed by atoms with Crippen molar-refractivity contribution in [1.82, 2.24) is 15.8 Å². The van der Waals surface area contributed by atoms with Crippen LogP contribution in [-0.4, -0.2) is 34.3 Å². The number of aliphatic hydroxyl groups is 1. The average Bonchev–Trinajstić information content (AvgIpc) is 2.61. The molecule has 0 aliphatic rings. The van der Waals surface area contributed by atoms with Crippen molar-refractivity contribution >= 4 is 23.6 Å². The minimum absolute atomic E-state index is 0.171. The predicted octanol–water partition coefficient (Wildman–Crippen LogP) is 1.63. The number of carbonyl (C=O) groups excluding carboxylic acids is 2. The normalized spacial score (nSPS) is 10.1. The Morgan fingerprint density at radius 1 is 1.04 bits per heavy atom. The maximum Gasteiger partial charge on any atom is 0.271 e. The lowest BCUT2D eigenvalue weighted by molar-refractivity contribution is 0.0846. The zero-order valence-electron chi connectivity index (χ0n) is 12.4. The Balaban J connectivity index is 1.84. The molecule has 7 heteroatoms. The second-order valence-corrected chi connectivity index (χ2v) is 5.77. The Kier molecular flexibility index (Phi) is 6.58. The monoisotopic (exact) mass is 331 g/mol. The summed E-state index contributed by atoms with van der Waals surface area (Å²) in [4.78, 5) is 28.6. The van der Waals surface area contributed by atoms with Gasteiger partial charge in [0.2, 0.25) is 0 Å². The smallest absolute Gasteiger partial charge is 0.271 e. The predicted molar refractivity (Wildman–Crippen MR) is 88.0 cm³/mol. The Hall–Kier alpha value is -2.38. The molecule has 23 heavy (non-hydrogen) atoms. The molecule has 0 atom stereocenters. The van der Waals surface area contributed by atoms with Crippen LogP contribution in [0.3, 0.4) is 0 Å². The molecular formula is C16H17N3O3S. The van der Waals surface area contributed by atoms with E-state index in [-0.39, 0.29) is 6.61 Å². The van der Waals surface area contributed by atoms with Gasteiger partial charge in [0, 0.05) is 35.2 Å². The van der Waals surface area contributed by atoms with Crippen molar-refractivity contribution < 1.29 is 14.7 Å². The number of aromatic nitrogens is 1. The van der Waals surface area contributed by atoms with E-state index in [4.69, 9.17) is 5.11 Å². The summed E-state index contributed by atoms with van der Waals surface area (Å²) in [5.74, 6) is 0.000203. The minimum atomic E-state index is -0.428. The van der Waals surface area contributed by atoms with Crippen LogP contribution in [0.25, 0.3) is 0 Å². The second-order valence-electron chi connectivity index (χ2n) is 4.60. The first-order valence-electron chi connectivity index (χ1n) is 7.05. The molecule has 0 saturated carbocycles. The quantitative estimate of drug-likeness (QED) is 0.425. The Morgan fingerprint density at radius 3 is 2.35 bits per heavy atom. The lowest BCUT2D eigenvalue weighted by atomic mass is 10.2. The maximum atomic E-state index is 12.0. The van der Waals surface area contributed by atoms with Crippen molar-refractivity contribution in [2.24, 2.45) is 0 Å². The zero-order chi connectivity index (χ0) is 16.5. The van der Waals surface area contributed by atoms with Gasteiger partial charge in [0.25, 0.3) is 11.8 Å². The van der Waals surface area contributed by atoms with Gasteiger partial charge in [0.05, 0.1) is 5.56 Å². The molecule has 0 saturated heterocycles. The van der Waals surface area contributed by atoms with Crippen LogP contribution in [0.15, 0.2) is 53.7 Å². The maximum absolute atomic E-state index is 12.0. The number of hydrazine groups is 1. The molecule has 2 amide bonds. The molecule has 0 spiro atoms. The molecule has 2 aromatic rings. The summed E-state index contributed by atoms with van der Waals surface area (Å²) in [6.45, 7) is 0.171. The average molecular weight is 331 g/mol. The summed E-state index contributed by atoms with van der Waals surface area (Å²) < 4.78 is 0. The van der Waals surface area contributed by atoms with Crippen LogP contribution < -0.4 is 10.9 Å². The van der Waals surface area contributed by atoms with E-state index < -0.39 is 11.8 Å². The molecule has 6 nitrogen and oxygen atoms in total. The van der Waals surface area contributed by atoms with Crippen molar-refractivity contribution in [3.8, 4) is 0 Å². The fraction of sp³-hybridized carbons (Fsp3) is 0.188. The van der Waals surface area contributed by atoms with E-state index >= 15 is 0 Å². The summed E-state index contributed by atoms with van der Waals surface area (Å²) in [7, 11) is 0. The number of carbonyl (C=O) groups is 2. The first-order chi connectivity index (χ1) is 11.2. The van der Waals surface area contributed by atoms with Gasteiger partial charge in [-0.15, -0.1) is 11.8 Å². The van der Waals surface area contributed by atoms with Gasteiger partial charge in [-0.3, -0.25) is 25.4 Å². The van der Waals surface area contributed by atoms with E-state index in [1.54, 1.807) is 42.2 Å². The van der Waals surface area contributed by atoms with Crippen molar-refractivity contribution in [2.75, 3.05) is 12.4 Å². The third-order valence-corrected chi connectivity index (χ3v) is 4.00. The molecule has 0 aliphatic heterocycles. The van der Waals surface area contributed by atoms with E-state index in [1.807, 2.05) is 12.1 Å². The fourth-order valence-corrected chi connectivity index (χ4v) is 2.55. The molecule has 2 rings (SSSR count). The number of amides is 2. The van der Waals surface area contributed by atoms with E-state index in [0.29, 0.717) is 11.1 Å². The molecule has 0 radical (unpaired) electrons. The molecule has 1 heterocycles. The molecule has 0 bridgehead atoms. The van der Waals surface area contributed by atoms with Crippen molar-refractivity contribution in [3.63, 3.8) is 0 Å². The number of nitrogens with zero attached hydrogens (tertiary/aromatic N) is 1. The summed E-state index contributed by atoms with van der Waals surface area (Å²) in [5, 5.41) is 8.74. The van der Waals surface area contributed by atoms with Crippen LogP contribution in [-0.2, 0) is 0 Å². The number of nitrogens with one attached hydrogen (secondary N) is 2. The van der Waals surface area contributed by atoms with Gasteiger partial charge in [-0.2, -0.15) is 0 Å². The lowest BCUT2D eigenvalue weighted by Gasteiger charge is -2.08. The number of thioether (sulfide) groups is 1. The summed E-state index contributed by atoms with van der Waals surface area (Å²) in [6, 6.07) is 10.3. The van der Waals surface area contributed by atoms with Crippen LogP contribution in [0.4, 0.5) is 0 Å². The highest BCUT2D eigenvalue weighted by Gasteiger charge is 2.09. The SMILES string of the molecule is O=C(NNC(=O)c1cccnc1)c1ccc(SCCCO)cc1. The number of hydrogen-bond donors (Lipinski definition) is 3. The van der Waals surface area contributed by atoms with E-state index in [1.165, 1.54) is 6.20 Å². The lowest BCUT2D eigenvalue weighted by Crippen LogP contribution is -2.41. The minimum Gasteiger partial charge on any atom is -0.396 e. The first kappa shape index (κ1) is 17.0. The second kappa shape index (κ2) is 8.92. The van der Waals surface area contributed by atoms with Crippen molar-refractivity contribution in [1.29, 1.82) is 0 Å². The van der Waals surface area contributed by atoms with Crippen LogP contribution in [0.2, 0.25) is 0 Å². The highest BCUT2D eigenvalue weighted by molar-refractivity contribution is 7.99. The van der Waals surface area contributed by atoms with Gasteiger partial charge in [-0.1, -0.05) is 0 Å². The van der Waals surface area contributed by atoms with Crippen LogP contribution in [0, 0.1) is 0 Å². The first-order valence-corrected chi connectivity index (χ1v) is 8.03. The van der Waals surface area contributed by atoms with E-state index in [2.05, 4.69) is 15.8 Å². The molecule has 1 aromatic carbocycles. The Morgan fingerprint density at radius 2 is 1.74 bits per heavy atom. The van der Waals surface area contributed by atoms with Crippen LogP contribution in [0.1, 0.15) is 27.1 Å². The fourth-order valence-electron chi connectivity index (χ4n) is 1.71. The molecule has 0 aliphatic carbocycles. The van der Waals surface area contributed by atoms with Gasteiger partial charge in [0.15, 0.2) is 0 Å². The van der Waals surface area contributed by atoms with Gasteiger partial charge >= 0.3 is 0 Å². The van der Waals surface area contributed by atoms with E-state index in [0.717, 1.165) is 17.1 Å². The van der Waals surface area contributed by atoms with Gasteiger partial charge < -0.3 is 5.11 Å². The summed E-state index contributed by atoms with van der Waals surface area (Å²) in [5.41, 5.74) is 5.52. The van der Waals surface area contributed by atoms with Gasteiger partial charge in [0.1, 0.15) is 0 Å². The molecule has 120 valence electrons. The van der Waals surface area contributed by atoms with Crippen molar-refractivity contribution in [2.45, 2.75) is 11.3 Å². The molecule has 1 aromatic heterocycles. The number of aliphatic hydroxyl groups excluding tert-OH is 1. The highest BCUT2D eigenvalue weighted by atomic mass is 32.2. The standard InChI is InChI=1S/C16H17N3O3S/c20-9-2-10-23-14-6-4-12(5-7-14)15(21)18-19-16(22)13-3-1-8-17-11-13/h1,3-8,11,20H,2,9-10H2,(H,18,21)(H,19,22). The number of hydrogen-bond acceptors (Lipinski definition) is 5. The largest absolute Gasteiger partial charge is 0.396 e. The Labute approximate surface area is 138 Å². The number of pyridine rings is 1. The third-order valence-electron chi connectivity index (χ3n) is 2.90. The third kappa shape index (κ3) is 5.39. The number of benzene rings is 1. The molecule has 0 unspecified atom stereocenters. The van der Waals surface area contributed by atoms with Crippen molar-refractivity contribution in [3.05, 3.63) is 59.9 Å². The summed E-state index contributed by atoms with van der Waals surface area (Å²) >= 11 is 1.61.